The lowest BCUT2D eigenvalue weighted by atomic mass is 9.82. The number of benzene rings is 1. The Bertz CT molecular complexity index is 650. The van der Waals surface area contributed by atoms with Crippen molar-refractivity contribution in [2.24, 2.45) is 5.41 Å². The fraction of sp³-hybridized carbons (Fsp3) is 0.471. The normalized spacial score (nSPS) is 15.6. The molecule has 0 aliphatic heterocycles. The Labute approximate surface area is 140 Å². The fourth-order valence-corrected chi connectivity index (χ4v) is 3.11. The van der Waals surface area contributed by atoms with E-state index in [1.165, 1.54) is 14.0 Å². The van der Waals surface area contributed by atoms with E-state index >= 15 is 0 Å². The molecule has 1 fully saturated rings. The molecule has 0 radical (unpaired) electrons. The fourth-order valence-electron chi connectivity index (χ4n) is 3.11. The number of nitrogens with one attached hydrogen (secondary N) is 2. The average molecular weight is 334 g/mol. The number of rotatable bonds is 6. The molecule has 0 heterocycles. The molecule has 0 saturated heterocycles. The van der Waals surface area contributed by atoms with Crippen LogP contribution in [0, 0.1) is 5.41 Å². The van der Waals surface area contributed by atoms with Crippen molar-refractivity contribution in [3.63, 3.8) is 0 Å². The van der Waals surface area contributed by atoms with Gasteiger partial charge in [-0.3, -0.25) is 14.4 Å². The Hall–Kier alpha value is -2.57. The second kappa shape index (κ2) is 7.33. The van der Waals surface area contributed by atoms with Crippen molar-refractivity contribution in [1.82, 2.24) is 0 Å². The molecular formula is C17H22N2O5. The maximum Gasteiger partial charge on any atom is 0.310 e. The zero-order valence-electron chi connectivity index (χ0n) is 13.8. The summed E-state index contributed by atoms with van der Waals surface area (Å²) in [6.07, 6.45) is 2.59. The van der Waals surface area contributed by atoms with Gasteiger partial charge in [0.25, 0.3) is 0 Å². The Balaban J connectivity index is 2.15. The first-order chi connectivity index (χ1) is 11.4. The third kappa shape index (κ3) is 4.04. The van der Waals surface area contributed by atoms with Crippen LogP contribution in [0.4, 0.5) is 11.4 Å². The van der Waals surface area contributed by atoms with Crippen LogP contribution < -0.4 is 15.4 Å². The van der Waals surface area contributed by atoms with Gasteiger partial charge in [0.15, 0.2) is 0 Å². The van der Waals surface area contributed by atoms with Gasteiger partial charge in [0.05, 0.1) is 18.2 Å². The van der Waals surface area contributed by atoms with Gasteiger partial charge in [0.2, 0.25) is 11.8 Å². The molecule has 1 aromatic rings. The average Bonchev–Trinajstić information content (AvgIpc) is 2.96. The predicted octanol–water partition coefficient (Wildman–Crippen LogP) is 2.63. The monoisotopic (exact) mass is 334 g/mol. The van der Waals surface area contributed by atoms with Crippen LogP contribution in [0.15, 0.2) is 18.2 Å². The molecule has 2 rings (SSSR count). The van der Waals surface area contributed by atoms with Crippen LogP contribution in [0.3, 0.4) is 0 Å². The zero-order chi connectivity index (χ0) is 17.7. The van der Waals surface area contributed by atoms with Crippen molar-refractivity contribution in [2.75, 3.05) is 17.7 Å². The molecule has 0 aromatic heterocycles. The summed E-state index contributed by atoms with van der Waals surface area (Å²) in [5.74, 6) is -1.09. The van der Waals surface area contributed by atoms with E-state index in [2.05, 4.69) is 10.6 Å². The van der Waals surface area contributed by atoms with Gasteiger partial charge in [-0.1, -0.05) is 12.8 Å². The first-order valence-corrected chi connectivity index (χ1v) is 7.85. The van der Waals surface area contributed by atoms with Crippen LogP contribution in [-0.2, 0) is 14.4 Å². The van der Waals surface area contributed by atoms with Gasteiger partial charge in [0.1, 0.15) is 5.75 Å². The van der Waals surface area contributed by atoms with E-state index in [-0.39, 0.29) is 18.2 Å². The predicted molar refractivity (Wildman–Crippen MR) is 89.1 cm³/mol. The molecule has 1 aromatic carbocycles. The lowest BCUT2D eigenvalue weighted by Crippen LogP contribution is -2.32. The van der Waals surface area contributed by atoms with Gasteiger partial charge in [-0.25, -0.2) is 0 Å². The van der Waals surface area contributed by atoms with Crippen molar-refractivity contribution < 1.29 is 24.2 Å². The molecule has 0 atom stereocenters. The molecule has 7 nitrogen and oxygen atoms in total. The molecule has 0 spiro atoms. The Morgan fingerprint density at radius 1 is 1.21 bits per heavy atom. The van der Waals surface area contributed by atoms with Crippen molar-refractivity contribution in [1.29, 1.82) is 0 Å². The minimum atomic E-state index is -0.980. The van der Waals surface area contributed by atoms with E-state index < -0.39 is 11.4 Å². The Morgan fingerprint density at radius 3 is 2.42 bits per heavy atom. The van der Waals surface area contributed by atoms with E-state index in [4.69, 9.17) is 4.74 Å². The number of hydrogen-bond donors (Lipinski definition) is 3. The number of methoxy groups -OCH3 is 1. The van der Waals surface area contributed by atoms with Gasteiger partial charge in [0, 0.05) is 19.0 Å². The van der Waals surface area contributed by atoms with E-state index in [1.807, 2.05) is 0 Å². The number of carbonyl (C=O) groups is 3. The van der Waals surface area contributed by atoms with Crippen LogP contribution in [0.1, 0.15) is 39.0 Å². The molecule has 3 N–H and O–H groups in total. The molecule has 1 aliphatic carbocycles. The zero-order valence-corrected chi connectivity index (χ0v) is 13.8. The maximum atomic E-state index is 12.4. The highest BCUT2D eigenvalue weighted by molar-refractivity contribution is 5.97. The number of carboxylic acids is 1. The van der Waals surface area contributed by atoms with Crippen LogP contribution in [0.5, 0.6) is 5.75 Å². The summed E-state index contributed by atoms with van der Waals surface area (Å²) in [4.78, 5) is 35.1. The van der Waals surface area contributed by atoms with Gasteiger partial charge in [-0.2, -0.15) is 0 Å². The van der Waals surface area contributed by atoms with Crippen LogP contribution in [0.25, 0.3) is 0 Å². The molecular weight excluding hydrogens is 312 g/mol. The highest BCUT2D eigenvalue weighted by Crippen LogP contribution is 2.41. The smallest absolute Gasteiger partial charge is 0.310 e. The number of hydrogen-bond acceptors (Lipinski definition) is 4. The topological polar surface area (TPSA) is 105 Å². The molecule has 7 heteroatoms. The number of carboxylic acid groups (broad SMARTS) is 1. The third-order valence-electron chi connectivity index (χ3n) is 4.31. The number of amides is 2. The van der Waals surface area contributed by atoms with Crippen LogP contribution >= 0.6 is 0 Å². The van der Waals surface area contributed by atoms with Gasteiger partial charge in [-0.15, -0.1) is 0 Å². The van der Waals surface area contributed by atoms with Crippen molar-refractivity contribution in [2.45, 2.75) is 39.0 Å². The lowest BCUT2D eigenvalue weighted by molar-refractivity contribution is -0.150. The number of aliphatic carboxylic acids is 1. The highest BCUT2D eigenvalue weighted by atomic mass is 16.5. The first kappa shape index (κ1) is 17.8. The molecule has 130 valence electrons. The Morgan fingerprint density at radius 2 is 1.88 bits per heavy atom. The standard InChI is InChI=1S/C17H22N2O5/c1-11(20)18-12-5-6-14(24-2)13(9-12)19-15(21)10-17(16(22)23)7-3-4-8-17/h5-6,9H,3-4,7-8,10H2,1-2H3,(H,18,20)(H,19,21)(H,22,23). The van der Waals surface area contributed by atoms with E-state index in [1.54, 1.807) is 18.2 Å². The van der Waals surface area contributed by atoms with Gasteiger partial charge in [-0.05, 0) is 31.0 Å². The number of carbonyl (C=O) groups excluding carboxylic acids is 2. The molecule has 1 aliphatic rings. The third-order valence-corrected chi connectivity index (χ3v) is 4.31. The quantitative estimate of drug-likeness (QED) is 0.742. The summed E-state index contributed by atoms with van der Waals surface area (Å²) >= 11 is 0. The van der Waals surface area contributed by atoms with Crippen LogP contribution in [-0.4, -0.2) is 30.0 Å². The molecule has 2 amide bonds. The highest BCUT2D eigenvalue weighted by Gasteiger charge is 2.43. The van der Waals surface area contributed by atoms with Crippen molar-refractivity contribution in [3.8, 4) is 5.75 Å². The lowest BCUT2D eigenvalue weighted by Gasteiger charge is -2.23. The summed E-state index contributed by atoms with van der Waals surface area (Å²) in [5, 5.41) is 14.8. The van der Waals surface area contributed by atoms with Gasteiger partial charge >= 0.3 is 5.97 Å². The van der Waals surface area contributed by atoms with E-state index in [0.29, 0.717) is 30.0 Å². The second-order valence-corrected chi connectivity index (χ2v) is 6.11. The maximum absolute atomic E-state index is 12.4. The summed E-state index contributed by atoms with van der Waals surface area (Å²) in [5.41, 5.74) is -0.0632. The van der Waals surface area contributed by atoms with E-state index in [9.17, 15) is 19.5 Å². The number of anilines is 2. The van der Waals surface area contributed by atoms with Gasteiger partial charge < -0.3 is 20.5 Å². The summed E-state index contributed by atoms with van der Waals surface area (Å²) in [6.45, 7) is 1.39. The molecule has 0 bridgehead atoms. The van der Waals surface area contributed by atoms with E-state index in [0.717, 1.165) is 12.8 Å². The Kier molecular flexibility index (Phi) is 5.43. The molecule has 0 unspecified atom stereocenters. The van der Waals surface area contributed by atoms with Crippen molar-refractivity contribution in [3.05, 3.63) is 18.2 Å². The first-order valence-electron chi connectivity index (χ1n) is 7.85. The summed E-state index contributed by atoms with van der Waals surface area (Å²) < 4.78 is 5.21. The molecule has 1 saturated carbocycles. The minimum absolute atomic E-state index is 0.0736. The van der Waals surface area contributed by atoms with Crippen LogP contribution in [0.2, 0.25) is 0 Å². The summed E-state index contributed by atoms with van der Waals surface area (Å²) in [7, 11) is 1.47. The largest absolute Gasteiger partial charge is 0.495 e. The number of ether oxygens (including phenoxy) is 1. The van der Waals surface area contributed by atoms with Crippen molar-refractivity contribution >= 4 is 29.2 Å². The minimum Gasteiger partial charge on any atom is -0.495 e. The summed E-state index contributed by atoms with van der Waals surface area (Å²) in [6, 6.07) is 4.87. The molecule has 24 heavy (non-hydrogen) atoms. The second-order valence-electron chi connectivity index (χ2n) is 6.11. The SMILES string of the molecule is COc1ccc(NC(C)=O)cc1NC(=O)CC1(C(=O)O)CCCC1.